The number of halogens is 1. The Morgan fingerprint density at radius 1 is 1.17 bits per heavy atom. The molecule has 2 nitrogen and oxygen atoms in total. The summed E-state index contributed by atoms with van der Waals surface area (Å²) in [5, 5.41) is 0.989. The molecule has 1 saturated carbocycles. The lowest BCUT2D eigenvalue weighted by molar-refractivity contribution is 0.0863. The molecule has 0 amide bonds. The highest BCUT2D eigenvalue weighted by Crippen LogP contribution is 2.30. The van der Waals surface area contributed by atoms with E-state index in [1.807, 2.05) is 24.3 Å². The summed E-state index contributed by atoms with van der Waals surface area (Å²) in [5.41, 5.74) is 0.789. The van der Waals surface area contributed by atoms with Crippen LogP contribution in [-0.4, -0.2) is 5.78 Å². The first-order valence-corrected chi connectivity index (χ1v) is 7.26. The van der Waals surface area contributed by atoms with Crippen LogP contribution in [0.5, 0.6) is 0 Å². The van der Waals surface area contributed by atoms with Gasteiger partial charge in [-0.25, -0.2) is 0 Å². The highest BCUT2D eigenvalue weighted by Gasteiger charge is 2.24. The van der Waals surface area contributed by atoms with Gasteiger partial charge >= 0.3 is 0 Å². The van der Waals surface area contributed by atoms with E-state index in [9.17, 15) is 4.79 Å². The Balaban J connectivity index is 1.91. The van der Waals surface area contributed by atoms with Crippen molar-refractivity contribution >= 4 is 32.7 Å². The van der Waals surface area contributed by atoms with Crippen molar-refractivity contribution in [3.63, 3.8) is 0 Å². The monoisotopic (exact) mass is 306 g/mol. The standard InChI is InChI=1S/C15H15BrO2/c16-12-6-7-13-11(8-12)9-14(18-13)15(17)10-4-2-1-3-5-10/h6-10H,1-5H2. The number of carbonyl (C=O) groups is 1. The molecule has 0 aliphatic heterocycles. The van der Waals surface area contributed by atoms with E-state index in [1.165, 1.54) is 19.3 Å². The van der Waals surface area contributed by atoms with E-state index in [2.05, 4.69) is 15.9 Å². The van der Waals surface area contributed by atoms with Crippen molar-refractivity contribution in [1.29, 1.82) is 0 Å². The first-order valence-electron chi connectivity index (χ1n) is 6.47. The number of hydrogen-bond acceptors (Lipinski definition) is 2. The molecule has 1 aromatic carbocycles. The molecule has 94 valence electrons. The predicted octanol–water partition coefficient (Wildman–Crippen LogP) is 4.96. The second-order valence-electron chi connectivity index (χ2n) is 4.99. The number of benzene rings is 1. The summed E-state index contributed by atoms with van der Waals surface area (Å²) >= 11 is 3.43. The van der Waals surface area contributed by atoms with Gasteiger partial charge < -0.3 is 4.42 Å². The van der Waals surface area contributed by atoms with Crippen molar-refractivity contribution in [2.45, 2.75) is 32.1 Å². The van der Waals surface area contributed by atoms with Crippen LogP contribution in [0.25, 0.3) is 11.0 Å². The quantitative estimate of drug-likeness (QED) is 0.734. The summed E-state index contributed by atoms with van der Waals surface area (Å²) in [6, 6.07) is 7.69. The molecule has 1 aliphatic carbocycles. The van der Waals surface area contributed by atoms with Crippen LogP contribution in [0.2, 0.25) is 0 Å². The maximum Gasteiger partial charge on any atom is 0.201 e. The van der Waals surface area contributed by atoms with Crippen LogP contribution < -0.4 is 0 Å². The van der Waals surface area contributed by atoms with E-state index in [4.69, 9.17) is 4.42 Å². The molecule has 0 bridgehead atoms. The molecule has 0 radical (unpaired) electrons. The summed E-state index contributed by atoms with van der Waals surface area (Å²) in [7, 11) is 0. The molecule has 3 heteroatoms. The highest BCUT2D eigenvalue weighted by molar-refractivity contribution is 9.10. The van der Waals surface area contributed by atoms with Crippen molar-refractivity contribution in [1.82, 2.24) is 0 Å². The van der Waals surface area contributed by atoms with Crippen LogP contribution in [0.15, 0.2) is 33.2 Å². The van der Waals surface area contributed by atoms with Crippen LogP contribution in [0.4, 0.5) is 0 Å². The van der Waals surface area contributed by atoms with Gasteiger partial charge in [-0.15, -0.1) is 0 Å². The summed E-state index contributed by atoms with van der Waals surface area (Å²) in [4.78, 5) is 12.3. The lowest BCUT2D eigenvalue weighted by Crippen LogP contribution is -2.17. The third-order valence-corrected chi connectivity index (χ3v) is 4.19. The molecule has 0 unspecified atom stereocenters. The molecule has 1 heterocycles. The molecule has 1 aliphatic rings. The van der Waals surface area contributed by atoms with Gasteiger partial charge in [-0.1, -0.05) is 35.2 Å². The van der Waals surface area contributed by atoms with Crippen molar-refractivity contribution in [3.8, 4) is 0 Å². The molecular weight excluding hydrogens is 292 g/mol. The molecule has 1 aromatic heterocycles. The minimum Gasteiger partial charge on any atom is -0.453 e. The Morgan fingerprint density at radius 2 is 1.94 bits per heavy atom. The maximum absolute atomic E-state index is 12.3. The molecule has 0 atom stereocenters. The third-order valence-electron chi connectivity index (χ3n) is 3.70. The van der Waals surface area contributed by atoms with E-state index in [0.29, 0.717) is 5.76 Å². The first kappa shape index (κ1) is 12.0. The average molecular weight is 307 g/mol. The Kier molecular flexibility index (Phi) is 3.25. The van der Waals surface area contributed by atoms with E-state index in [1.54, 1.807) is 0 Å². The molecule has 0 N–H and O–H groups in total. The maximum atomic E-state index is 12.3. The number of Topliss-reactive ketones (excluding diaryl/α,β-unsaturated/α-hetero) is 1. The fourth-order valence-corrected chi connectivity index (χ4v) is 3.08. The Labute approximate surface area is 114 Å². The lowest BCUT2D eigenvalue weighted by atomic mass is 9.85. The average Bonchev–Trinajstić information content (AvgIpc) is 2.81. The fourth-order valence-electron chi connectivity index (χ4n) is 2.70. The van der Waals surface area contributed by atoms with Gasteiger partial charge in [-0.2, -0.15) is 0 Å². The number of fused-ring (bicyclic) bond motifs is 1. The normalized spacial score (nSPS) is 17.2. The lowest BCUT2D eigenvalue weighted by Gasteiger charge is -2.18. The number of ketones is 1. The van der Waals surface area contributed by atoms with Crippen LogP contribution in [0.1, 0.15) is 42.7 Å². The Hall–Kier alpha value is -1.09. The summed E-state index contributed by atoms with van der Waals surface area (Å²) in [6.45, 7) is 0. The van der Waals surface area contributed by atoms with Crippen LogP contribution >= 0.6 is 15.9 Å². The van der Waals surface area contributed by atoms with E-state index in [0.717, 1.165) is 28.3 Å². The Morgan fingerprint density at radius 3 is 2.72 bits per heavy atom. The van der Waals surface area contributed by atoms with Crippen molar-refractivity contribution < 1.29 is 9.21 Å². The van der Waals surface area contributed by atoms with Gasteiger partial charge in [0.05, 0.1) is 0 Å². The SMILES string of the molecule is O=C(c1cc2cc(Br)ccc2o1)C1CCCCC1. The topological polar surface area (TPSA) is 30.2 Å². The van der Waals surface area contributed by atoms with Crippen LogP contribution in [-0.2, 0) is 0 Å². The first-order chi connectivity index (χ1) is 8.74. The second-order valence-corrected chi connectivity index (χ2v) is 5.91. The van der Waals surface area contributed by atoms with Gasteiger partial charge in [-0.3, -0.25) is 4.79 Å². The van der Waals surface area contributed by atoms with E-state index >= 15 is 0 Å². The zero-order chi connectivity index (χ0) is 12.5. The number of hydrogen-bond donors (Lipinski definition) is 0. The molecule has 1 fully saturated rings. The van der Waals surface area contributed by atoms with Crippen molar-refractivity contribution in [2.24, 2.45) is 5.92 Å². The van der Waals surface area contributed by atoms with Gasteiger partial charge in [0.1, 0.15) is 5.58 Å². The second kappa shape index (κ2) is 4.88. The predicted molar refractivity (Wildman–Crippen MR) is 74.8 cm³/mol. The number of rotatable bonds is 2. The van der Waals surface area contributed by atoms with Gasteiger partial charge in [0.2, 0.25) is 5.78 Å². The summed E-state index contributed by atoms with van der Waals surface area (Å²) in [6.07, 6.45) is 5.63. The third kappa shape index (κ3) is 2.24. The van der Waals surface area contributed by atoms with Crippen molar-refractivity contribution in [3.05, 3.63) is 34.5 Å². The minimum absolute atomic E-state index is 0.169. The largest absolute Gasteiger partial charge is 0.453 e. The molecule has 0 spiro atoms. The molecule has 3 rings (SSSR count). The zero-order valence-corrected chi connectivity index (χ0v) is 11.7. The molecule has 18 heavy (non-hydrogen) atoms. The van der Waals surface area contributed by atoms with Gasteiger partial charge in [0, 0.05) is 15.8 Å². The van der Waals surface area contributed by atoms with Gasteiger partial charge in [0.25, 0.3) is 0 Å². The summed E-state index contributed by atoms with van der Waals surface area (Å²) < 4.78 is 6.67. The molecular formula is C15H15BrO2. The zero-order valence-electron chi connectivity index (χ0n) is 10.1. The number of furan rings is 1. The van der Waals surface area contributed by atoms with Crippen molar-refractivity contribution in [2.75, 3.05) is 0 Å². The molecule has 2 aromatic rings. The van der Waals surface area contributed by atoms with Crippen LogP contribution in [0.3, 0.4) is 0 Å². The number of carbonyl (C=O) groups excluding carboxylic acids is 1. The smallest absolute Gasteiger partial charge is 0.201 e. The Bertz CT molecular complexity index is 579. The van der Waals surface area contributed by atoms with Gasteiger partial charge in [0.15, 0.2) is 5.76 Å². The fraction of sp³-hybridized carbons (Fsp3) is 0.400. The summed E-state index contributed by atoms with van der Waals surface area (Å²) in [5.74, 6) is 0.875. The van der Waals surface area contributed by atoms with Gasteiger partial charge in [-0.05, 0) is 37.1 Å². The molecule has 0 saturated heterocycles. The highest BCUT2D eigenvalue weighted by atomic mass is 79.9. The van der Waals surface area contributed by atoms with Crippen LogP contribution in [0, 0.1) is 5.92 Å². The van der Waals surface area contributed by atoms with E-state index < -0.39 is 0 Å². The van der Waals surface area contributed by atoms with E-state index in [-0.39, 0.29) is 11.7 Å². The minimum atomic E-state index is 0.169.